The Morgan fingerprint density at radius 3 is 2.71 bits per heavy atom. The van der Waals surface area contributed by atoms with Crippen LogP contribution in [0.4, 0.5) is 0 Å². The minimum atomic E-state index is -0.145. The minimum Gasteiger partial charge on any atom is -0.508 e. The third kappa shape index (κ3) is 2.47. The number of hydrogen-bond acceptors (Lipinski definition) is 3. The number of phenols is 1. The number of ketones is 1. The summed E-state index contributed by atoms with van der Waals surface area (Å²) in [5.74, 6) is 0.577. The Hall–Kier alpha value is -2.07. The number of aromatic hydroxyl groups is 1. The number of rotatable bonds is 3. The van der Waals surface area contributed by atoms with Gasteiger partial charge in [0.05, 0.1) is 5.56 Å². The quantitative estimate of drug-likeness (QED) is 0.701. The molecule has 0 aliphatic carbocycles. The third-order valence-corrected chi connectivity index (χ3v) is 3.82. The number of phenolic OH excluding ortho intramolecular Hbond substituents is 1. The topological polar surface area (TPSA) is 50.4 Å². The molecule has 0 radical (unpaired) electrons. The SMILES string of the molecule is CCc1oc2ccccc2c1C(=O)c1cc(O)cc(Br)c1. The van der Waals surface area contributed by atoms with Crippen LogP contribution in [0.1, 0.15) is 28.6 Å². The largest absolute Gasteiger partial charge is 0.508 e. The van der Waals surface area contributed by atoms with Crippen LogP contribution in [0.3, 0.4) is 0 Å². The van der Waals surface area contributed by atoms with Gasteiger partial charge >= 0.3 is 0 Å². The Balaban J connectivity index is 2.21. The van der Waals surface area contributed by atoms with E-state index in [1.807, 2.05) is 31.2 Å². The lowest BCUT2D eigenvalue weighted by Crippen LogP contribution is -2.03. The van der Waals surface area contributed by atoms with Gasteiger partial charge in [-0.3, -0.25) is 4.79 Å². The molecule has 106 valence electrons. The second-order valence-electron chi connectivity index (χ2n) is 4.78. The zero-order chi connectivity index (χ0) is 15.0. The summed E-state index contributed by atoms with van der Waals surface area (Å²) in [6.45, 7) is 1.95. The highest BCUT2D eigenvalue weighted by molar-refractivity contribution is 9.10. The van der Waals surface area contributed by atoms with Gasteiger partial charge in [-0.2, -0.15) is 0 Å². The molecule has 1 heterocycles. The lowest BCUT2D eigenvalue weighted by molar-refractivity contribution is 0.103. The molecular formula is C17H13BrO3. The van der Waals surface area contributed by atoms with Gasteiger partial charge in [-0.25, -0.2) is 0 Å². The van der Waals surface area contributed by atoms with E-state index >= 15 is 0 Å². The molecule has 0 aliphatic rings. The molecule has 2 aromatic carbocycles. The zero-order valence-electron chi connectivity index (χ0n) is 11.4. The van der Waals surface area contributed by atoms with E-state index in [4.69, 9.17) is 4.42 Å². The normalized spacial score (nSPS) is 11.0. The fourth-order valence-corrected chi connectivity index (χ4v) is 2.92. The summed E-state index contributed by atoms with van der Waals surface area (Å²) < 4.78 is 6.42. The summed E-state index contributed by atoms with van der Waals surface area (Å²) in [6, 6.07) is 12.2. The van der Waals surface area contributed by atoms with Crippen molar-refractivity contribution in [2.24, 2.45) is 0 Å². The van der Waals surface area contributed by atoms with Crippen LogP contribution in [0.2, 0.25) is 0 Å². The van der Waals surface area contributed by atoms with Gasteiger partial charge in [0.15, 0.2) is 5.78 Å². The Morgan fingerprint density at radius 1 is 1.24 bits per heavy atom. The van der Waals surface area contributed by atoms with Crippen molar-refractivity contribution in [1.82, 2.24) is 0 Å². The van der Waals surface area contributed by atoms with Crippen molar-refractivity contribution < 1.29 is 14.3 Å². The molecule has 0 spiro atoms. The van der Waals surface area contributed by atoms with E-state index in [1.165, 1.54) is 6.07 Å². The van der Waals surface area contributed by atoms with Gasteiger partial charge in [0.1, 0.15) is 17.1 Å². The number of carbonyl (C=O) groups is 1. The van der Waals surface area contributed by atoms with Crippen molar-refractivity contribution in [3.8, 4) is 5.75 Å². The van der Waals surface area contributed by atoms with Crippen molar-refractivity contribution in [3.63, 3.8) is 0 Å². The van der Waals surface area contributed by atoms with Crippen molar-refractivity contribution in [2.45, 2.75) is 13.3 Å². The Labute approximate surface area is 130 Å². The summed E-state index contributed by atoms with van der Waals surface area (Å²) in [5.41, 5.74) is 1.71. The molecule has 0 unspecified atom stereocenters. The molecule has 0 bridgehead atoms. The monoisotopic (exact) mass is 344 g/mol. The third-order valence-electron chi connectivity index (χ3n) is 3.36. The van der Waals surface area contributed by atoms with Crippen LogP contribution >= 0.6 is 15.9 Å². The number of carbonyl (C=O) groups excluding carboxylic acids is 1. The molecule has 0 saturated heterocycles. The van der Waals surface area contributed by atoms with Crippen LogP contribution < -0.4 is 0 Å². The first-order valence-electron chi connectivity index (χ1n) is 6.65. The molecule has 21 heavy (non-hydrogen) atoms. The number of furan rings is 1. The maximum Gasteiger partial charge on any atom is 0.197 e. The summed E-state index contributed by atoms with van der Waals surface area (Å²) in [6.07, 6.45) is 0.635. The van der Waals surface area contributed by atoms with Gasteiger partial charge in [0.2, 0.25) is 0 Å². The first-order chi connectivity index (χ1) is 10.1. The van der Waals surface area contributed by atoms with E-state index in [0.29, 0.717) is 33.4 Å². The second-order valence-corrected chi connectivity index (χ2v) is 5.69. The molecule has 3 rings (SSSR count). The molecule has 0 amide bonds. The molecule has 0 saturated carbocycles. The van der Waals surface area contributed by atoms with Crippen molar-refractivity contribution in [3.05, 3.63) is 63.8 Å². The average Bonchev–Trinajstić information content (AvgIpc) is 2.83. The van der Waals surface area contributed by atoms with Gasteiger partial charge in [-0.15, -0.1) is 0 Å². The standard InChI is InChI=1S/C17H13BrO3/c1-2-14-16(13-5-3-4-6-15(13)21-14)17(20)10-7-11(18)9-12(19)8-10/h3-9,19H,2H2,1H3. The van der Waals surface area contributed by atoms with Crippen molar-refractivity contribution in [2.75, 3.05) is 0 Å². The highest BCUT2D eigenvalue weighted by Gasteiger charge is 2.21. The van der Waals surface area contributed by atoms with Crippen molar-refractivity contribution >= 4 is 32.7 Å². The van der Waals surface area contributed by atoms with Gasteiger partial charge in [0, 0.05) is 21.8 Å². The minimum absolute atomic E-state index is 0.0542. The summed E-state index contributed by atoms with van der Waals surface area (Å²) in [7, 11) is 0. The molecule has 1 aromatic heterocycles. The smallest absolute Gasteiger partial charge is 0.197 e. The van der Waals surface area contributed by atoms with Crippen LogP contribution in [0.25, 0.3) is 11.0 Å². The Bertz CT molecular complexity index is 813. The molecular weight excluding hydrogens is 332 g/mol. The van der Waals surface area contributed by atoms with Crippen molar-refractivity contribution in [1.29, 1.82) is 0 Å². The molecule has 0 atom stereocenters. The lowest BCUT2D eigenvalue weighted by Gasteiger charge is -2.03. The van der Waals surface area contributed by atoms with Crippen LogP contribution in [-0.2, 0) is 6.42 Å². The van der Waals surface area contributed by atoms with E-state index < -0.39 is 0 Å². The number of halogens is 1. The number of hydrogen-bond donors (Lipinski definition) is 1. The molecule has 3 nitrogen and oxygen atoms in total. The van der Waals surface area contributed by atoms with Crippen LogP contribution in [0, 0.1) is 0 Å². The van der Waals surface area contributed by atoms with Gasteiger partial charge < -0.3 is 9.52 Å². The molecule has 3 aromatic rings. The van der Waals surface area contributed by atoms with Gasteiger partial charge in [-0.1, -0.05) is 41.1 Å². The zero-order valence-corrected chi connectivity index (χ0v) is 13.0. The number of fused-ring (bicyclic) bond motifs is 1. The molecule has 4 heteroatoms. The Kier molecular flexibility index (Phi) is 3.55. The number of benzene rings is 2. The lowest BCUT2D eigenvalue weighted by atomic mass is 9.99. The second kappa shape index (κ2) is 5.37. The number of aryl methyl sites for hydroxylation is 1. The first-order valence-corrected chi connectivity index (χ1v) is 7.44. The predicted octanol–water partition coefficient (Wildman–Crippen LogP) is 4.69. The first kappa shape index (κ1) is 13.9. The maximum atomic E-state index is 12.8. The van der Waals surface area contributed by atoms with E-state index in [0.717, 1.165) is 5.39 Å². The predicted molar refractivity (Wildman–Crippen MR) is 84.8 cm³/mol. The van der Waals surface area contributed by atoms with Crippen LogP contribution in [-0.4, -0.2) is 10.9 Å². The highest BCUT2D eigenvalue weighted by atomic mass is 79.9. The number of para-hydroxylation sites is 1. The van der Waals surface area contributed by atoms with Crippen LogP contribution in [0.5, 0.6) is 5.75 Å². The average molecular weight is 345 g/mol. The van der Waals surface area contributed by atoms with E-state index in [1.54, 1.807) is 12.1 Å². The summed E-state index contributed by atoms with van der Waals surface area (Å²) in [5, 5.41) is 10.5. The summed E-state index contributed by atoms with van der Waals surface area (Å²) in [4.78, 5) is 12.8. The fourth-order valence-electron chi connectivity index (χ4n) is 2.44. The Morgan fingerprint density at radius 2 is 2.00 bits per heavy atom. The fraction of sp³-hybridized carbons (Fsp3) is 0.118. The van der Waals surface area contributed by atoms with Crippen LogP contribution in [0.15, 0.2) is 51.4 Å². The summed E-state index contributed by atoms with van der Waals surface area (Å²) >= 11 is 3.29. The molecule has 1 N–H and O–H groups in total. The highest BCUT2D eigenvalue weighted by Crippen LogP contribution is 2.30. The van der Waals surface area contributed by atoms with E-state index in [9.17, 15) is 9.90 Å². The molecule has 0 aliphatic heterocycles. The van der Waals surface area contributed by atoms with Gasteiger partial charge in [-0.05, 0) is 24.3 Å². The molecule has 0 fully saturated rings. The van der Waals surface area contributed by atoms with E-state index in [2.05, 4.69) is 15.9 Å². The van der Waals surface area contributed by atoms with E-state index in [-0.39, 0.29) is 11.5 Å². The maximum absolute atomic E-state index is 12.8. The van der Waals surface area contributed by atoms with Gasteiger partial charge in [0.25, 0.3) is 0 Å².